The maximum absolute atomic E-state index is 13.9. The smallest absolute Gasteiger partial charge is 0.356 e. The van der Waals surface area contributed by atoms with E-state index in [1.165, 1.54) is 16.8 Å². The molecule has 2 aromatic rings. The van der Waals surface area contributed by atoms with Crippen LogP contribution in [-0.2, 0) is 17.9 Å². The highest BCUT2D eigenvalue weighted by molar-refractivity contribution is 6.31. The Morgan fingerprint density at radius 1 is 1.19 bits per heavy atom. The summed E-state index contributed by atoms with van der Waals surface area (Å²) in [7, 11) is 0. The molecule has 1 aromatic heterocycles. The number of aromatic nitrogens is 2. The van der Waals surface area contributed by atoms with E-state index in [0.717, 1.165) is 0 Å². The summed E-state index contributed by atoms with van der Waals surface area (Å²) in [5.41, 5.74) is 0.440. The zero-order valence-electron chi connectivity index (χ0n) is 14.6. The molecule has 1 saturated heterocycles. The Morgan fingerprint density at radius 3 is 2.56 bits per heavy atom. The highest BCUT2D eigenvalue weighted by Gasteiger charge is 2.22. The van der Waals surface area contributed by atoms with Gasteiger partial charge in [0.2, 0.25) is 5.91 Å². The predicted octanol–water partition coefficient (Wildman–Crippen LogP) is 2.11. The fraction of sp³-hybridized carbons (Fsp3) is 0.389. The highest BCUT2D eigenvalue weighted by Crippen LogP contribution is 2.21. The molecule has 27 heavy (non-hydrogen) atoms. The minimum absolute atomic E-state index is 0.00838. The summed E-state index contributed by atoms with van der Waals surface area (Å²) in [5.74, 6) is -1.42. The minimum atomic E-state index is -1.09. The molecule has 0 saturated carbocycles. The summed E-state index contributed by atoms with van der Waals surface area (Å²) in [4.78, 5) is 27.0. The molecule has 0 radical (unpaired) electrons. The first-order valence-corrected chi connectivity index (χ1v) is 9.01. The average molecular weight is 395 g/mol. The predicted molar refractivity (Wildman–Crippen MR) is 97.1 cm³/mol. The van der Waals surface area contributed by atoms with Crippen molar-refractivity contribution in [3.05, 3.63) is 52.6 Å². The fourth-order valence-electron chi connectivity index (χ4n) is 3.03. The van der Waals surface area contributed by atoms with E-state index >= 15 is 0 Å². The van der Waals surface area contributed by atoms with Gasteiger partial charge in [-0.2, -0.15) is 5.10 Å². The van der Waals surface area contributed by atoms with Crippen molar-refractivity contribution < 1.29 is 19.1 Å². The lowest BCUT2D eigenvalue weighted by atomic mass is 10.1. The third kappa shape index (κ3) is 4.84. The van der Waals surface area contributed by atoms with Gasteiger partial charge in [0.1, 0.15) is 5.82 Å². The number of carbonyl (C=O) groups is 2. The number of hydrogen-bond acceptors (Lipinski definition) is 4. The molecule has 1 fully saturated rings. The maximum atomic E-state index is 13.9. The largest absolute Gasteiger partial charge is 0.476 e. The molecule has 144 valence electrons. The number of carboxylic acids is 1. The van der Waals surface area contributed by atoms with Gasteiger partial charge in [-0.3, -0.25) is 14.4 Å². The molecule has 0 atom stereocenters. The molecule has 1 amide bonds. The first-order chi connectivity index (χ1) is 12.9. The Bertz CT molecular complexity index is 814. The van der Waals surface area contributed by atoms with Crippen LogP contribution in [0, 0.1) is 5.82 Å². The molecule has 3 rings (SSSR count). The first-order valence-electron chi connectivity index (χ1n) is 8.64. The topological polar surface area (TPSA) is 78.7 Å². The average Bonchev–Trinajstić information content (AvgIpc) is 3.13. The number of aromatic carboxylic acids is 1. The lowest BCUT2D eigenvalue weighted by molar-refractivity contribution is -0.133. The van der Waals surface area contributed by atoms with Crippen LogP contribution in [0.1, 0.15) is 22.5 Å². The van der Waals surface area contributed by atoms with Crippen molar-refractivity contribution in [1.82, 2.24) is 19.6 Å². The van der Waals surface area contributed by atoms with Crippen molar-refractivity contribution in [2.75, 3.05) is 26.2 Å². The van der Waals surface area contributed by atoms with Gasteiger partial charge in [-0.15, -0.1) is 0 Å². The van der Waals surface area contributed by atoms with Crippen LogP contribution in [0.4, 0.5) is 4.39 Å². The van der Waals surface area contributed by atoms with Gasteiger partial charge < -0.3 is 10.0 Å². The van der Waals surface area contributed by atoms with Crippen molar-refractivity contribution in [3.63, 3.8) is 0 Å². The van der Waals surface area contributed by atoms with Gasteiger partial charge in [-0.05, 0) is 18.2 Å². The zero-order valence-corrected chi connectivity index (χ0v) is 15.4. The third-order valence-corrected chi connectivity index (χ3v) is 4.94. The molecular formula is C18H20ClFN4O3. The lowest BCUT2D eigenvalue weighted by Gasteiger charge is -2.35. The second-order valence-corrected chi connectivity index (χ2v) is 6.78. The number of carboxylic acid groups (broad SMARTS) is 1. The Hall–Kier alpha value is -2.45. The number of halogens is 2. The van der Waals surface area contributed by atoms with E-state index in [-0.39, 0.29) is 23.8 Å². The number of hydrogen-bond donors (Lipinski definition) is 1. The van der Waals surface area contributed by atoms with Crippen molar-refractivity contribution in [2.45, 2.75) is 19.5 Å². The van der Waals surface area contributed by atoms with Crippen molar-refractivity contribution in [3.8, 4) is 0 Å². The van der Waals surface area contributed by atoms with E-state index in [1.54, 1.807) is 23.2 Å². The molecular weight excluding hydrogens is 375 g/mol. The summed E-state index contributed by atoms with van der Waals surface area (Å²) in [5, 5.41) is 13.2. The molecule has 1 aliphatic heterocycles. The summed E-state index contributed by atoms with van der Waals surface area (Å²) >= 11 is 6.07. The van der Waals surface area contributed by atoms with Crippen LogP contribution in [-0.4, -0.2) is 62.7 Å². The summed E-state index contributed by atoms with van der Waals surface area (Å²) in [6.07, 6.45) is 1.80. The molecule has 0 aliphatic carbocycles. The van der Waals surface area contributed by atoms with Gasteiger partial charge in [0, 0.05) is 62.5 Å². The van der Waals surface area contributed by atoms with Gasteiger partial charge in [0.25, 0.3) is 0 Å². The van der Waals surface area contributed by atoms with Gasteiger partial charge >= 0.3 is 5.97 Å². The molecule has 0 spiro atoms. The Morgan fingerprint density at radius 2 is 1.93 bits per heavy atom. The fourth-order valence-corrected chi connectivity index (χ4v) is 3.25. The molecule has 1 aromatic carbocycles. The van der Waals surface area contributed by atoms with E-state index in [4.69, 9.17) is 16.7 Å². The van der Waals surface area contributed by atoms with Crippen molar-refractivity contribution >= 4 is 23.5 Å². The normalized spacial score (nSPS) is 15.1. The Labute approximate surface area is 160 Å². The maximum Gasteiger partial charge on any atom is 0.356 e. The van der Waals surface area contributed by atoms with Crippen LogP contribution in [0.25, 0.3) is 0 Å². The van der Waals surface area contributed by atoms with E-state index in [0.29, 0.717) is 49.9 Å². The SMILES string of the molecule is O=C(O)c1ccn(CCC(=O)N2CCN(Cc3c(F)cccc3Cl)CC2)n1. The van der Waals surface area contributed by atoms with Gasteiger partial charge in [0.05, 0.1) is 0 Å². The summed E-state index contributed by atoms with van der Waals surface area (Å²) in [6.45, 7) is 3.15. The molecule has 9 heteroatoms. The number of amides is 1. The van der Waals surface area contributed by atoms with E-state index in [1.807, 2.05) is 0 Å². The monoisotopic (exact) mass is 394 g/mol. The van der Waals surface area contributed by atoms with Gasteiger partial charge in [-0.1, -0.05) is 17.7 Å². The minimum Gasteiger partial charge on any atom is -0.476 e. The van der Waals surface area contributed by atoms with Crippen LogP contribution in [0.2, 0.25) is 5.02 Å². The molecule has 1 aliphatic rings. The number of carbonyl (C=O) groups excluding carboxylic acids is 1. The lowest BCUT2D eigenvalue weighted by Crippen LogP contribution is -2.48. The van der Waals surface area contributed by atoms with Crippen LogP contribution < -0.4 is 0 Å². The number of rotatable bonds is 6. The second kappa shape index (κ2) is 8.49. The van der Waals surface area contributed by atoms with Crippen LogP contribution in [0.15, 0.2) is 30.5 Å². The first kappa shape index (κ1) is 19.3. The van der Waals surface area contributed by atoms with Crippen LogP contribution in [0.3, 0.4) is 0 Å². The molecule has 0 bridgehead atoms. The summed E-state index contributed by atoms with van der Waals surface area (Å²) < 4.78 is 15.4. The van der Waals surface area contributed by atoms with E-state index < -0.39 is 5.97 Å². The summed E-state index contributed by atoms with van der Waals surface area (Å²) in [6, 6.07) is 6.05. The quantitative estimate of drug-likeness (QED) is 0.811. The molecule has 1 N–H and O–H groups in total. The highest BCUT2D eigenvalue weighted by atomic mass is 35.5. The van der Waals surface area contributed by atoms with Crippen LogP contribution >= 0.6 is 11.6 Å². The zero-order chi connectivity index (χ0) is 19.4. The molecule has 2 heterocycles. The Balaban J connectivity index is 1.47. The van der Waals surface area contributed by atoms with Gasteiger partial charge in [-0.25, -0.2) is 9.18 Å². The van der Waals surface area contributed by atoms with Crippen molar-refractivity contribution in [1.29, 1.82) is 0 Å². The van der Waals surface area contributed by atoms with E-state index in [2.05, 4.69) is 10.00 Å². The van der Waals surface area contributed by atoms with Crippen LogP contribution in [0.5, 0.6) is 0 Å². The second-order valence-electron chi connectivity index (χ2n) is 6.38. The third-order valence-electron chi connectivity index (χ3n) is 4.58. The van der Waals surface area contributed by atoms with Crippen molar-refractivity contribution in [2.24, 2.45) is 0 Å². The molecule has 7 nitrogen and oxygen atoms in total. The Kier molecular flexibility index (Phi) is 6.08. The van der Waals surface area contributed by atoms with Gasteiger partial charge in [0.15, 0.2) is 5.69 Å². The standard InChI is InChI=1S/C18H20ClFN4O3/c19-14-2-1-3-15(20)13(14)12-22-8-10-23(11-9-22)17(25)5-7-24-6-4-16(21-24)18(26)27/h1-4,6H,5,7-12H2,(H,26,27). The molecule has 0 unspecified atom stereocenters. The van der Waals surface area contributed by atoms with E-state index in [9.17, 15) is 14.0 Å². The number of nitrogens with zero attached hydrogens (tertiary/aromatic N) is 4. The number of benzene rings is 1. The number of piperazine rings is 1. The number of aryl methyl sites for hydroxylation is 1.